The van der Waals surface area contributed by atoms with Crippen LogP contribution in [0.15, 0.2) is 53.7 Å². The van der Waals surface area contributed by atoms with Gasteiger partial charge in [-0.3, -0.25) is 10.1 Å². The van der Waals surface area contributed by atoms with Gasteiger partial charge in [0.25, 0.3) is 5.69 Å². The summed E-state index contributed by atoms with van der Waals surface area (Å²) in [5.41, 5.74) is 1.99. The zero-order valence-corrected chi connectivity index (χ0v) is 13.9. The summed E-state index contributed by atoms with van der Waals surface area (Å²) in [4.78, 5) is 19.5. The van der Waals surface area contributed by atoms with Gasteiger partial charge in [0.05, 0.1) is 10.4 Å². The molecule has 0 fully saturated rings. The first-order valence-corrected chi connectivity index (χ1v) is 8.52. The molecule has 0 amide bonds. The van der Waals surface area contributed by atoms with Gasteiger partial charge in [-0.25, -0.2) is 9.97 Å². The Morgan fingerprint density at radius 1 is 1.12 bits per heavy atom. The Balaban J connectivity index is 1.80. The number of nitro groups is 1. The molecular formula is C17H16N4O2S. The van der Waals surface area contributed by atoms with Gasteiger partial charge in [0.2, 0.25) is 0 Å². The molecule has 2 aromatic carbocycles. The van der Waals surface area contributed by atoms with Crippen molar-refractivity contribution in [2.75, 3.05) is 11.9 Å². The molecule has 0 atom stereocenters. The van der Waals surface area contributed by atoms with Crippen molar-refractivity contribution in [1.29, 1.82) is 0 Å². The highest BCUT2D eigenvalue weighted by Gasteiger charge is 2.09. The van der Waals surface area contributed by atoms with Gasteiger partial charge in [-0.15, -0.1) is 0 Å². The second-order valence-corrected chi connectivity index (χ2v) is 6.06. The van der Waals surface area contributed by atoms with Gasteiger partial charge in [0.1, 0.15) is 5.82 Å². The van der Waals surface area contributed by atoms with Gasteiger partial charge in [-0.05, 0) is 24.6 Å². The summed E-state index contributed by atoms with van der Waals surface area (Å²) in [5.74, 6) is 1.48. The Labute approximate surface area is 143 Å². The first-order valence-electron chi connectivity index (χ1n) is 7.54. The van der Waals surface area contributed by atoms with Gasteiger partial charge in [0.15, 0.2) is 5.16 Å². The third kappa shape index (κ3) is 3.62. The van der Waals surface area contributed by atoms with Gasteiger partial charge >= 0.3 is 0 Å². The molecule has 0 aliphatic carbocycles. The maximum Gasteiger partial charge on any atom is 0.269 e. The Morgan fingerprint density at radius 2 is 1.88 bits per heavy atom. The van der Waals surface area contributed by atoms with Gasteiger partial charge in [-0.2, -0.15) is 0 Å². The monoisotopic (exact) mass is 340 g/mol. The smallest absolute Gasteiger partial charge is 0.269 e. The predicted molar refractivity (Wildman–Crippen MR) is 96.4 cm³/mol. The predicted octanol–water partition coefficient (Wildman–Crippen LogP) is 4.26. The number of nitrogens with zero attached hydrogens (tertiary/aromatic N) is 3. The molecular weight excluding hydrogens is 324 g/mol. The number of benzene rings is 2. The standard InChI is InChI=1S/C17H16N4O2S/c1-2-18-16-14-5-3-4-6-15(14)19-17(20-16)24-11-12-7-9-13(10-8-12)21(22)23/h3-10H,2,11H2,1H3,(H,18,19,20). The molecule has 3 aromatic rings. The highest BCUT2D eigenvalue weighted by atomic mass is 32.2. The van der Waals surface area contributed by atoms with E-state index in [-0.39, 0.29) is 5.69 Å². The summed E-state index contributed by atoms with van der Waals surface area (Å²) in [7, 11) is 0. The summed E-state index contributed by atoms with van der Waals surface area (Å²) in [6.07, 6.45) is 0. The van der Waals surface area contributed by atoms with Crippen molar-refractivity contribution in [1.82, 2.24) is 9.97 Å². The van der Waals surface area contributed by atoms with Crippen LogP contribution in [0.4, 0.5) is 11.5 Å². The lowest BCUT2D eigenvalue weighted by Gasteiger charge is -2.09. The highest BCUT2D eigenvalue weighted by molar-refractivity contribution is 7.98. The SMILES string of the molecule is CCNc1nc(SCc2ccc([N+](=O)[O-])cc2)nc2ccccc12. The minimum Gasteiger partial charge on any atom is -0.370 e. The van der Waals surface area contributed by atoms with Crippen molar-refractivity contribution in [2.45, 2.75) is 17.8 Å². The van der Waals surface area contributed by atoms with Crippen LogP contribution in [0.25, 0.3) is 10.9 Å². The van der Waals surface area contributed by atoms with Crippen LogP contribution in [0.2, 0.25) is 0 Å². The molecule has 0 bridgehead atoms. The van der Waals surface area contributed by atoms with Crippen LogP contribution >= 0.6 is 11.8 Å². The van der Waals surface area contributed by atoms with Crippen LogP contribution in [0.3, 0.4) is 0 Å². The number of hydrogen-bond acceptors (Lipinski definition) is 6. The molecule has 0 unspecified atom stereocenters. The number of anilines is 1. The zero-order valence-electron chi connectivity index (χ0n) is 13.1. The second-order valence-electron chi connectivity index (χ2n) is 5.11. The van der Waals surface area contributed by atoms with E-state index in [9.17, 15) is 10.1 Å². The van der Waals surface area contributed by atoms with Crippen LogP contribution < -0.4 is 5.32 Å². The van der Waals surface area contributed by atoms with Crippen molar-refractivity contribution < 1.29 is 4.92 Å². The molecule has 0 saturated carbocycles. The maximum atomic E-state index is 10.7. The van der Waals surface area contributed by atoms with Crippen LogP contribution in [0.1, 0.15) is 12.5 Å². The summed E-state index contributed by atoms with van der Waals surface area (Å²) >= 11 is 1.51. The topological polar surface area (TPSA) is 81.0 Å². The van der Waals surface area contributed by atoms with Crippen molar-refractivity contribution in [2.24, 2.45) is 0 Å². The summed E-state index contributed by atoms with van der Waals surface area (Å²) in [6, 6.07) is 14.4. The number of fused-ring (bicyclic) bond motifs is 1. The fourth-order valence-electron chi connectivity index (χ4n) is 2.28. The molecule has 24 heavy (non-hydrogen) atoms. The van der Waals surface area contributed by atoms with Crippen LogP contribution in [0.5, 0.6) is 0 Å². The number of aromatic nitrogens is 2. The number of nitrogens with one attached hydrogen (secondary N) is 1. The van der Waals surface area contributed by atoms with E-state index >= 15 is 0 Å². The molecule has 0 spiro atoms. The third-order valence-corrected chi connectivity index (χ3v) is 4.36. The average Bonchev–Trinajstić information content (AvgIpc) is 2.60. The molecule has 122 valence electrons. The van der Waals surface area contributed by atoms with Crippen molar-refractivity contribution in [3.63, 3.8) is 0 Å². The Bertz CT molecular complexity index is 868. The lowest BCUT2D eigenvalue weighted by Crippen LogP contribution is -2.02. The van der Waals surface area contributed by atoms with E-state index in [2.05, 4.69) is 15.3 Å². The van der Waals surface area contributed by atoms with Crippen LogP contribution in [-0.2, 0) is 5.75 Å². The molecule has 1 heterocycles. The van der Waals surface area contributed by atoms with E-state index in [0.717, 1.165) is 28.8 Å². The highest BCUT2D eigenvalue weighted by Crippen LogP contribution is 2.26. The second kappa shape index (κ2) is 7.27. The lowest BCUT2D eigenvalue weighted by molar-refractivity contribution is -0.384. The van der Waals surface area contributed by atoms with E-state index in [0.29, 0.717) is 10.9 Å². The zero-order chi connectivity index (χ0) is 16.9. The van der Waals surface area contributed by atoms with Crippen molar-refractivity contribution >= 4 is 34.2 Å². The average molecular weight is 340 g/mol. The van der Waals surface area contributed by atoms with Crippen LogP contribution in [0, 0.1) is 10.1 Å². The summed E-state index contributed by atoms with van der Waals surface area (Å²) < 4.78 is 0. The number of hydrogen-bond donors (Lipinski definition) is 1. The van der Waals surface area contributed by atoms with E-state index in [1.165, 1.54) is 23.9 Å². The fraction of sp³-hybridized carbons (Fsp3) is 0.176. The van der Waals surface area contributed by atoms with E-state index in [4.69, 9.17) is 0 Å². The van der Waals surface area contributed by atoms with Crippen molar-refractivity contribution in [3.05, 3.63) is 64.2 Å². The first kappa shape index (κ1) is 16.2. The Morgan fingerprint density at radius 3 is 2.58 bits per heavy atom. The molecule has 1 N–H and O–H groups in total. The van der Waals surface area contributed by atoms with E-state index < -0.39 is 4.92 Å². The molecule has 7 heteroatoms. The molecule has 1 aromatic heterocycles. The van der Waals surface area contributed by atoms with Crippen LogP contribution in [-0.4, -0.2) is 21.4 Å². The Kier molecular flexibility index (Phi) is 4.90. The molecule has 3 rings (SSSR count). The maximum absolute atomic E-state index is 10.7. The number of rotatable bonds is 6. The normalized spacial score (nSPS) is 10.7. The molecule has 0 radical (unpaired) electrons. The molecule has 0 saturated heterocycles. The largest absolute Gasteiger partial charge is 0.370 e. The molecule has 6 nitrogen and oxygen atoms in total. The van der Waals surface area contributed by atoms with E-state index in [1.807, 2.05) is 31.2 Å². The number of thioether (sulfide) groups is 1. The van der Waals surface area contributed by atoms with Gasteiger partial charge in [-0.1, -0.05) is 36.0 Å². The Hall–Kier alpha value is -2.67. The number of non-ortho nitro benzene ring substituents is 1. The summed E-state index contributed by atoms with van der Waals surface area (Å²) in [5, 5.41) is 15.6. The quantitative estimate of drug-likeness (QED) is 0.312. The van der Waals surface area contributed by atoms with Crippen molar-refractivity contribution in [3.8, 4) is 0 Å². The summed E-state index contributed by atoms with van der Waals surface area (Å²) in [6.45, 7) is 2.81. The fourth-order valence-corrected chi connectivity index (χ4v) is 3.09. The molecule has 0 aliphatic heterocycles. The third-order valence-electron chi connectivity index (χ3n) is 3.44. The van der Waals surface area contributed by atoms with E-state index in [1.54, 1.807) is 12.1 Å². The molecule has 0 aliphatic rings. The minimum absolute atomic E-state index is 0.0973. The first-order chi connectivity index (χ1) is 11.7. The van der Waals surface area contributed by atoms with Gasteiger partial charge in [0, 0.05) is 29.8 Å². The minimum atomic E-state index is -0.397. The number of para-hydroxylation sites is 1. The lowest BCUT2D eigenvalue weighted by atomic mass is 10.2. The van der Waals surface area contributed by atoms with Gasteiger partial charge < -0.3 is 5.32 Å². The number of nitro benzene ring substituents is 1.